The Hall–Kier alpha value is -2.75. The van der Waals surface area contributed by atoms with Crippen molar-refractivity contribution >= 4 is 29.3 Å². The number of allylic oxidation sites excluding steroid dienone is 1. The number of piperazine rings is 1. The molecule has 4 aliphatic heterocycles. The van der Waals surface area contributed by atoms with Crippen LogP contribution in [0.4, 0.5) is 5.69 Å². The Kier molecular flexibility index (Phi) is 8.68. The number of thioether (sulfide) groups is 1. The van der Waals surface area contributed by atoms with Gasteiger partial charge in [-0.15, -0.1) is 11.8 Å². The average Bonchev–Trinajstić information content (AvgIpc) is 3.61. The second-order valence-electron chi connectivity index (χ2n) is 13.3. The van der Waals surface area contributed by atoms with Crippen LogP contribution in [0.15, 0.2) is 23.6 Å². The Labute approximate surface area is 260 Å². The third kappa shape index (κ3) is 5.88. The van der Waals surface area contributed by atoms with Gasteiger partial charge in [-0.1, -0.05) is 13.0 Å². The summed E-state index contributed by atoms with van der Waals surface area (Å²) in [5, 5.41) is 5.69. The van der Waals surface area contributed by atoms with Crippen LogP contribution in [-0.4, -0.2) is 89.5 Å². The van der Waals surface area contributed by atoms with Crippen molar-refractivity contribution in [1.82, 2.24) is 19.3 Å². The van der Waals surface area contributed by atoms with Crippen molar-refractivity contribution in [3.8, 4) is 17.0 Å². The second-order valence-corrected chi connectivity index (χ2v) is 14.4. The molecule has 0 radical (unpaired) electrons. The normalized spacial score (nSPS) is 21.2. The molecule has 2 aromatic rings. The lowest BCUT2D eigenvalue weighted by molar-refractivity contribution is -0.117. The topological polar surface area (TPSA) is 70.1 Å². The van der Waals surface area contributed by atoms with Crippen LogP contribution in [0.25, 0.3) is 11.3 Å². The maximum Gasteiger partial charge on any atom is 0.271 e. The van der Waals surface area contributed by atoms with Gasteiger partial charge < -0.3 is 24.4 Å². The molecule has 0 saturated carbocycles. The molecule has 6 rings (SSSR count). The van der Waals surface area contributed by atoms with Gasteiger partial charge in [0.15, 0.2) is 0 Å². The van der Waals surface area contributed by atoms with Crippen molar-refractivity contribution in [2.75, 3.05) is 58.2 Å². The van der Waals surface area contributed by atoms with E-state index < -0.39 is 0 Å². The number of methoxy groups -OCH3 is 1. The monoisotopic (exact) mass is 605 g/mol. The van der Waals surface area contributed by atoms with Gasteiger partial charge in [0.25, 0.3) is 5.91 Å². The van der Waals surface area contributed by atoms with Crippen molar-refractivity contribution in [2.45, 2.75) is 77.1 Å². The van der Waals surface area contributed by atoms with E-state index in [1.54, 1.807) is 7.11 Å². The predicted molar refractivity (Wildman–Crippen MR) is 175 cm³/mol. The van der Waals surface area contributed by atoms with Crippen LogP contribution in [0.3, 0.4) is 0 Å². The summed E-state index contributed by atoms with van der Waals surface area (Å²) in [4.78, 5) is 34.4. The Balaban J connectivity index is 1.40. The molecule has 43 heavy (non-hydrogen) atoms. The van der Waals surface area contributed by atoms with Crippen LogP contribution >= 0.6 is 11.8 Å². The molecule has 0 aliphatic carbocycles. The van der Waals surface area contributed by atoms with Crippen LogP contribution < -0.4 is 10.1 Å². The Morgan fingerprint density at radius 1 is 1.02 bits per heavy atom. The van der Waals surface area contributed by atoms with E-state index >= 15 is 0 Å². The van der Waals surface area contributed by atoms with Gasteiger partial charge >= 0.3 is 0 Å². The van der Waals surface area contributed by atoms with Crippen LogP contribution in [0.2, 0.25) is 0 Å². The number of likely N-dealkylation sites (N-methyl/N-ethyl adjacent to an activating group) is 1. The van der Waals surface area contributed by atoms with Crippen molar-refractivity contribution in [3.63, 3.8) is 0 Å². The first-order chi connectivity index (χ1) is 20.7. The lowest BCUT2D eigenvalue weighted by Gasteiger charge is -2.37. The highest BCUT2D eigenvalue weighted by Gasteiger charge is 2.39. The minimum absolute atomic E-state index is 0.0200. The predicted octanol–water partition coefficient (Wildman–Crippen LogP) is 5.56. The molecule has 1 aromatic carbocycles. The number of fused-ring (bicyclic) bond motifs is 5. The molecule has 5 heterocycles. The Morgan fingerprint density at radius 3 is 2.47 bits per heavy atom. The molecule has 1 fully saturated rings. The third-order valence-electron chi connectivity index (χ3n) is 9.57. The SMILES string of the molecule is CCN1CCN(CC(=O)Nc2cc3c(cc2OC)CCn2c4c(c(C5CC=CS5)c2-3)CCCCN(C(C)(C)C)C4=O)CC1. The molecule has 4 aliphatic rings. The fourth-order valence-electron chi connectivity index (χ4n) is 7.27. The second kappa shape index (κ2) is 12.3. The van der Waals surface area contributed by atoms with Gasteiger partial charge in [0, 0.05) is 55.6 Å². The summed E-state index contributed by atoms with van der Waals surface area (Å²) in [6.07, 6.45) is 7.03. The number of rotatable bonds is 6. The fraction of sp³-hybridized carbons (Fsp3) is 0.588. The molecule has 1 atom stereocenters. The highest BCUT2D eigenvalue weighted by molar-refractivity contribution is 8.02. The summed E-state index contributed by atoms with van der Waals surface area (Å²) in [6.45, 7) is 15.4. The van der Waals surface area contributed by atoms with Crippen molar-refractivity contribution in [2.24, 2.45) is 0 Å². The highest BCUT2D eigenvalue weighted by atomic mass is 32.2. The molecule has 2 amide bonds. The van der Waals surface area contributed by atoms with Gasteiger partial charge in [-0.05, 0) is 93.7 Å². The number of carbonyl (C=O) groups is 2. The van der Waals surface area contributed by atoms with Crippen LogP contribution in [0, 0.1) is 0 Å². The summed E-state index contributed by atoms with van der Waals surface area (Å²) in [5.41, 5.74) is 7.36. The molecule has 8 nitrogen and oxygen atoms in total. The Bertz CT molecular complexity index is 1410. The number of aromatic nitrogens is 1. The fourth-order valence-corrected chi connectivity index (χ4v) is 8.29. The number of nitrogens with one attached hydrogen (secondary N) is 1. The van der Waals surface area contributed by atoms with Crippen LogP contribution in [-0.2, 0) is 24.2 Å². The van der Waals surface area contributed by atoms with Crippen molar-refractivity contribution in [1.29, 1.82) is 0 Å². The number of ether oxygens (including phenoxy) is 1. The molecular formula is C34H47N5O3S. The van der Waals surface area contributed by atoms with Gasteiger partial charge in [0.2, 0.25) is 5.91 Å². The lowest BCUT2D eigenvalue weighted by Crippen LogP contribution is -2.48. The zero-order valence-electron chi connectivity index (χ0n) is 26.5. The summed E-state index contributed by atoms with van der Waals surface area (Å²) in [7, 11) is 1.67. The zero-order valence-corrected chi connectivity index (χ0v) is 27.3. The molecule has 0 bridgehead atoms. The van der Waals surface area contributed by atoms with E-state index in [4.69, 9.17) is 4.74 Å². The van der Waals surface area contributed by atoms with Crippen molar-refractivity contribution < 1.29 is 14.3 Å². The van der Waals surface area contributed by atoms with Gasteiger partial charge in [-0.3, -0.25) is 14.5 Å². The van der Waals surface area contributed by atoms with E-state index in [0.29, 0.717) is 18.0 Å². The third-order valence-corrected chi connectivity index (χ3v) is 10.7. The van der Waals surface area contributed by atoms with E-state index in [1.807, 2.05) is 11.8 Å². The number of aryl methyl sites for hydroxylation is 1. The minimum atomic E-state index is -0.249. The summed E-state index contributed by atoms with van der Waals surface area (Å²) < 4.78 is 8.14. The van der Waals surface area contributed by atoms with E-state index in [9.17, 15) is 9.59 Å². The zero-order chi connectivity index (χ0) is 30.3. The molecule has 232 valence electrons. The summed E-state index contributed by atoms with van der Waals surface area (Å²) in [6, 6.07) is 4.22. The van der Waals surface area contributed by atoms with Gasteiger partial charge in [0.05, 0.1) is 25.0 Å². The van der Waals surface area contributed by atoms with Crippen LogP contribution in [0.1, 0.15) is 79.4 Å². The number of hydrogen-bond acceptors (Lipinski definition) is 6. The van der Waals surface area contributed by atoms with Gasteiger partial charge in [-0.2, -0.15) is 0 Å². The molecule has 1 aromatic heterocycles. The smallest absolute Gasteiger partial charge is 0.271 e. The first-order valence-corrected chi connectivity index (χ1v) is 17.0. The Morgan fingerprint density at radius 2 is 1.79 bits per heavy atom. The van der Waals surface area contributed by atoms with E-state index in [0.717, 1.165) is 94.9 Å². The number of anilines is 1. The molecule has 1 N–H and O–H groups in total. The first kappa shape index (κ1) is 30.3. The van der Waals surface area contributed by atoms with E-state index in [2.05, 4.69) is 75.9 Å². The quantitative estimate of drug-likeness (QED) is 0.465. The van der Waals surface area contributed by atoms with Gasteiger partial charge in [0.1, 0.15) is 11.4 Å². The maximum absolute atomic E-state index is 14.4. The standard InChI is InChI=1S/C34H47N5O3S/c1-6-36-15-17-37(18-16-36)22-29(40)35-26-21-25-23(20-27(26)42-5)12-14-38-31(25)30(28-11-9-19-43-28)24-10-7-8-13-39(34(2,3)4)33(41)32(24)38/h9,19-21,28H,6-8,10-18,22H2,1-5H3,(H,35,40). The number of nitrogens with zero attached hydrogens (tertiary/aromatic N) is 4. The minimum Gasteiger partial charge on any atom is -0.495 e. The highest BCUT2D eigenvalue weighted by Crippen LogP contribution is 2.50. The number of carbonyl (C=O) groups excluding carboxylic acids is 2. The largest absolute Gasteiger partial charge is 0.495 e. The van der Waals surface area contributed by atoms with E-state index in [-0.39, 0.29) is 22.6 Å². The number of amides is 2. The van der Waals surface area contributed by atoms with Crippen molar-refractivity contribution in [3.05, 3.63) is 46.0 Å². The van der Waals surface area contributed by atoms with E-state index in [1.165, 1.54) is 16.7 Å². The average molecular weight is 606 g/mol. The number of hydrogen-bond donors (Lipinski definition) is 1. The molecule has 1 unspecified atom stereocenters. The molecular weight excluding hydrogens is 558 g/mol. The molecule has 1 saturated heterocycles. The lowest BCUT2D eigenvalue weighted by atomic mass is 9.91. The first-order valence-electron chi connectivity index (χ1n) is 16.0. The van der Waals surface area contributed by atoms with Crippen LogP contribution in [0.5, 0.6) is 5.75 Å². The number of benzene rings is 1. The molecule has 0 spiro atoms. The maximum atomic E-state index is 14.4. The summed E-state index contributed by atoms with van der Waals surface area (Å²) in [5.74, 6) is 0.822. The van der Waals surface area contributed by atoms with Gasteiger partial charge in [-0.25, -0.2) is 0 Å². The molecule has 9 heteroatoms. The summed E-state index contributed by atoms with van der Waals surface area (Å²) >= 11 is 1.86.